The normalized spacial score (nSPS) is 12.0. The Bertz CT molecular complexity index is 3160. The van der Waals surface area contributed by atoms with E-state index in [1.165, 1.54) is 58.4 Å². The minimum atomic E-state index is 0.849. The Morgan fingerprint density at radius 3 is 2.04 bits per heavy atom. The zero-order chi connectivity index (χ0) is 32.8. The molecule has 0 N–H and O–H groups in total. The first-order chi connectivity index (χ1) is 24.7. The molecule has 0 spiro atoms. The fraction of sp³-hybridized carbons (Fsp3) is 0. The zero-order valence-electron chi connectivity index (χ0n) is 26.9. The standard InChI is InChI=1S/C47H27NOS/c1-2-10-29-23-33(20-19-28(29)9-1)39-27-41(34-14-7-13-32(24-34)35-16-8-17-38-36-15-5-6-18-44(36)50-47(35)38)48-46-37(39)21-22-42-45(46)40-25-30-11-3-4-12-31(30)26-43(40)49-42/h1-27H. The maximum absolute atomic E-state index is 6.52. The molecule has 3 heteroatoms. The second-order valence-corrected chi connectivity index (χ2v) is 14.2. The van der Waals surface area contributed by atoms with Gasteiger partial charge in [0.1, 0.15) is 11.2 Å². The number of nitrogens with zero attached hydrogens (tertiary/aromatic N) is 1. The van der Waals surface area contributed by atoms with Crippen LogP contribution in [0.25, 0.3) is 108 Å². The van der Waals surface area contributed by atoms with Crippen molar-refractivity contribution in [1.29, 1.82) is 0 Å². The lowest BCUT2D eigenvalue weighted by atomic mass is 9.94. The number of aromatic nitrogens is 1. The topological polar surface area (TPSA) is 26.0 Å². The van der Waals surface area contributed by atoms with Crippen molar-refractivity contribution >= 4 is 85.9 Å². The molecule has 0 saturated carbocycles. The number of hydrogen-bond acceptors (Lipinski definition) is 3. The van der Waals surface area contributed by atoms with Crippen LogP contribution in [0.3, 0.4) is 0 Å². The van der Waals surface area contributed by atoms with E-state index in [-0.39, 0.29) is 0 Å². The van der Waals surface area contributed by atoms with Gasteiger partial charge in [-0.1, -0.05) is 115 Å². The molecule has 8 aromatic carbocycles. The number of hydrogen-bond donors (Lipinski definition) is 0. The first-order valence-electron chi connectivity index (χ1n) is 16.9. The van der Waals surface area contributed by atoms with Gasteiger partial charge >= 0.3 is 0 Å². The molecule has 11 rings (SSSR count). The van der Waals surface area contributed by atoms with Crippen LogP contribution in [-0.4, -0.2) is 4.98 Å². The number of furan rings is 1. The largest absolute Gasteiger partial charge is 0.456 e. The van der Waals surface area contributed by atoms with Crippen LogP contribution in [0.1, 0.15) is 0 Å². The van der Waals surface area contributed by atoms with Gasteiger partial charge in [0, 0.05) is 36.5 Å². The highest BCUT2D eigenvalue weighted by atomic mass is 32.1. The minimum Gasteiger partial charge on any atom is -0.456 e. The van der Waals surface area contributed by atoms with Crippen LogP contribution >= 0.6 is 11.3 Å². The highest BCUT2D eigenvalue weighted by molar-refractivity contribution is 7.26. The molecular weight excluding hydrogens is 627 g/mol. The van der Waals surface area contributed by atoms with Gasteiger partial charge in [0.25, 0.3) is 0 Å². The maximum atomic E-state index is 6.52. The van der Waals surface area contributed by atoms with Crippen molar-refractivity contribution in [3.8, 4) is 33.5 Å². The van der Waals surface area contributed by atoms with E-state index in [1.807, 2.05) is 11.3 Å². The third-order valence-electron chi connectivity index (χ3n) is 10.2. The Morgan fingerprint density at radius 2 is 1.14 bits per heavy atom. The summed E-state index contributed by atoms with van der Waals surface area (Å²) in [7, 11) is 0. The van der Waals surface area contributed by atoms with Crippen molar-refractivity contribution in [2.45, 2.75) is 0 Å². The molecule has 3 heterocycles. The molecule has 0 radical (unpaired) electrons. The molecule has 50 heavy (non-hydrogen) atoms. The number of benzene rings is 8. The molecule has 3 aromatic heterocycles. The summed E-state index contributed by atoms with van der Waals surface area (Å²) >= 11 is 1.87. The van der Waals surface area contributed by atoms with Gasteiger partial charge in [-0.3, -0.25) is 0 Å². The lowest BCUT2D eigenvalue weighted by Gasteiger charge is -2.13. The summed E-state index contributed by atoms with van der Waals surface area (Å²) in [6, 6.07) is 59.0. The molecule has 2 nitrogen and oxygen atoms in total. The Labute approximate surface area is 291 Å². The first kappa shape index (κ1) is 27.6. The fourth-order valence-corrected chi connectivity index (χ4v) is 9.04. The first-order valence-corrected chi connectivity index (χ1v) is 17.8. The average Bonchev–Trinajstić information content (AvgIpc) is 3.74. The predicted molar refractivity (Wildman–Crippen MR) is 213 cm³/mol. The van der Waals surface area contributed by atoms with E-state index >= 15 is 0 Å². The molecule has 0 saturated heterocycles. The Hall–Kier alpha value is -6.29. The lowest BCUT2D eigenvalue weighted by Crippen LogP contribution is -1.92. The highest BCUT2D eigenvalue weighted by Gasteiger charge is 2.18. The molecule has 0 unspecified atom stereocenters. The van der Waals surface area contributed by atoms with Crippen LogP contribution in [0, 0.1) is 0 Å². The molecule has 0 bridgehead atoms. The minimum absolute atomic E-state index is 0.849. The summed E-state index contributed by atoms with van der Waals surface area (Å²) < 4.78 is 9.15. The van der Waals surface area contributed by atoms with E-state index in [1.54, 1.807) is 0 Å². The fourth-order valence-electron chi connectivity index (χ4n) is 7.80. The zero-order valence-corrected chi connectivity index (χ0v) is 27.7. The second-order valence-electron chi connectivity index (χ2n) is 13.1. The van der Waals surface area contributed by atoms with Gasteiger partial charge in [0.2, 0.25) is 0 Å². The molecule has 0 aliphatic rings. The number of pyridine rings is 1. The van der Waals surface area contributed by atoms with E-state index in [0.29, 0.717) is 0 Å². The van der Waals surface area contributed by atoms with Gasteiger partial charge in [-0.05, 0) is 92.3 Å². The molecule has 11 aromatic rings. The number of fused-ring (bicyclic) bond motifs is 10. The van der Waals surface area contributed by atoms with Crippen LogP contribution in [0.4, 0.5) is 0 Å². The molecule has 0 aliphatic carbocycles. The molecule has 0 atom stereocenters. The predicted octanol–water partition coefficient (Wildman–Crippen LogP) is 13.8. The number of thiophene rings is 1. The summed E-state index contributed by atoms with van der Waals surface area (Å²) in [6.45, 7) is 0. The summed E-state index contributed by atoms with van der Waals surface area (Å²) in [6.07, 6.45) is 0. The second kappa shape index (κ2) is 10.6. The molecule has 0 fully saturated rings. The summed E-state index contributed by atoms with van der Waals surface area (Å²) in [4.78, 5) is 5.50. The summed E-state index contributed by atoms with van der Waals surface area (Å²) in [5.74, 6) is 0. The van der Waals surface area contributed by atoms with Crippen LogP contribution in [-0.2, 0) is 0 Å². The average molecular weight is 654 g/mol. The smallest absolute Gasteiger partial charge is 0.137 e. The Balaban J connectivity index is 1.19. The van der Waals surface area contributed by atoms with Gasteiger partial charge < -0.3 is 4.42 Å². The third-order valence-corrected chi connectivity index (χ3v) is 11.4. The Kier molecular flexibility index (Phi) is 5.86. The third kappa shape index (κ3) is 4.17. The maximum Gasteiger partial charge on any atom is 0.137 e. The summed E-state index contributed by atoms with van der Waals surface area (Å²) in [5, 5.41) is 10.7. The molecule has 0 amide bonds. The van der Waals surface area contributed by atoms with Crippen molar-refractivity contribution in [3.05, 3.63) is 164 Å². The molecule has 0 aliphatic heterocycles. The van der Waals surface area contributed by atoms with E-state index in [0.717, 1.165) is 49.7 Å². The quantitative estimate of drug-likeness (QED) is 0.190. The van der Waals surface area contributed by atoms with Gasteiger partial charge in [0.15, 0.2) is 0 Å². The van der Waals surface area contributed by atoms with Crippen molar-refractivity contribution in [2.75, 3.05) is 0 Å². The highest BCUT2D eigenvalue weighted by Crippen LogP contribution is 2.43. The van der Waals surface area contributed by atoms with E-state index in [9.17, 15) is 0 Å². The molecular formula is C47H27NOS. The van der Waals surface area contributed by atoms with Crippen molar-refractivity contribution in [2.24, 2.45) is 0 Å². The van der Waals surface area contributed by atoms with Gasteiger partial charge in [-0.25, -0.2) is 4.98 Å². The van der Waals surface area contributed by atoms with Crippen molar-refractivity contribution < 1.29 is 4.42 Å². The van der Waals surface area contributed by atoms with Crippen LogP contribution < -0.4 is 0 Å². The van der Waals surface area contributed by atoms with Crippen LogP contribution in [0.2, 0.25) is 0 Å². The SMILES string of the molecule is c1cc(-c2cc(-c3ccc4ccccc4c3)c3ccc4oc5cc6ccccc6cc5c4c3n2)cc(-c2cccc3c2sc2ccccc23)c1. The van der Waals surface area contributed by atoms with Crippen molar-refractivity contribution in [1.82, 2.24) is 4.98 Å². The number of rotatable bonds is 3. The Morgan fingerprint density at radius 1 is 0.420 bits per heavy atom. The van der Waals surface area contributed by atoms with Crippen molar-refractivity contribution in [3.63, 3.8) is 0 Å². The van der Waals surface area contributed by atoms with Gasteiger partial charge in [0.05, 0.1) is 16.6 Å². The van der Waals surface area contributed by atoms with Gasteiger partial charge in [-0.15, -0.1) is 11.3 Å². The lowest BCUT2D eigenvalue weighted by molar-refractivity contribution is 0.669. The van der Waals surface area contributed by atoms with E-state index in [4.69, 9.17) is 9.40 Å². The van der Waals surface area contributed by atoms with Crippen LogP contribution in [0.5, 0.6) is 0 Å². The van der Waals surface area contributed by atoms with Gasteiger partial charge in [-0.2, -0.15) is 0 Å². The molecule has 232 valence electrons. The van der Waals surface area contributed by atoms with E-state index in [2.05, 4.69) is 164 Å². The van der Waals surface area contributed by atoms with Crippen LogP contribution in [0.15, 0.2) is 168 Å². The monoisotopic (exact) mass is 653 g/mol. The summed E-state index contributed by atoms with van der Waals surface area (Å²) in [5.41, 5.74) is 9.46. The van der Waals surface area contributed by atoms with E-state index < -0.39 is 0 Å².